The molecule has 0 radical (unpaired) electrons. The Bertz CT molecular complexity index is 933. The van der Waals surface area contributed by atoms with Gasteiger partial charge in [-0.05, 0) is 36.8 Å². The summed E-state index contributed by atoms with van der Waals surface area (Å²) < 4.78 is 20.8. The number of carbonyl (C=O) groups is 3. The van der Waals surface area contributed by atoms with Crippen LogP contribution in [0, 0.1) is 0 Å². The number of ether oxygens (including phenoxy) is 3. The number of urea groups is 1. The maximum Gasteiger partial charge on any atom is 0.338 e. The molecule has 2 heterocycles. The summed E-state index contributed by atoms with van der Waals surface area (Å²) in [6.45, 7) is 1.92. The van der Waals surface area contributed by atoms with E-state index in [2.05, 4.69) is 10.6 Å². The lowest BCUT2D eigenvalue weighted by Crippen LogP contribution is -2.47. The Balaban J connectivity index is 1.82. The van der Waals surface area contributed by atoms with Crippen LogP contribution in [-0.2, 0) is 25.6 Å². The number of hydrogen-bond donors (Lipinski definition) is 2. The fraction of sp³-hybridized carbons (Fsp3) is 0.286. The van der Waals surface area contributed by atoms with Crippen LogP contribution in [0.3, 0.4) is 0 Å². The van der Waals surface area contributed by atoms with Crippen molar-refractivity contribution in [2.45, 2.75) is 19.6 Å². The number of hydrogen-bond acceptors (Lipinski definition) is 7. The molecule has 0 saturated heterocycles. The fourth-order valence-corrected chi connectivity index (χ4v) is 2.98. The van der Waals surface area contributed by atoms with E-state index in [1.165, 1.54) is 6.26 Å². The predicted molar refractivity (Wildman–Crippen MR) is 104 cm³/mol. The standard InChI is InChI=1S/C21H22N2O7/c1-3-28-20(25)17-15(22-21(26)23-18(17)16-5-4-10-29-16)12-30-19(24)14-8-6-13(7-9-14)11-27-2/h4-10,18H,3,11-12H2,1-2H3,(H2,22,23,26). The van der Waals surface area contributed by atoms with Crippen LogP contribution in [0.1, 0.15) is 34.6 Å². The maximum absolute atomic E-state index is 12.6. The number of benzene rings is 1. The van der Waals surface area contributed by atoms with Gasteiger partial charge in [-0.15, -0.1) is 0 Å². The Kier molecular flexibility index (Phi) is 6.87. The first-order valence-corrected chi connectivity index (χ1v) is 9.29. The second kappa shape index (κ2) is 9.75. The molecule has 2 amide bonds. The minimum Gasteiger partial charge on any atom is -0.467 e. The highest BCUT2D eigenvalue weighted by Crippen LogP contribution is 2.28. The molecule has 9 heteroatoms. The molecule has 158 valence electrons. The van der Waals surface area contributed by atoms with Gasteiger partial charge >= 0.3 is 18.0 Å². The third-order valence-corrected chi connectivity index (χ3v) is 4.32. The van der Waals surface area contributed by atoms with Gasteiger partial charge in [0, 0.05) is 7.11 Å². The molecular weight excluding hydrogens is 392 g/mol. The molecule has 0 aliphatic carbocycles. The summed E-state index contributed by atoms with van der Waals surface area (Å²) in [7, 11) is 1.58. The van der Waals surface area contributed by atoms with Gasteiger partial charge in [0.2, 0.25) is 0 Å². The van der Waals surface area contributed by atoms with Gasteiger partial charge < -0.3 is 29.3 Å². The van der Waals surface area contributed by atoms with Crippen molar-refractivity contribution in [3.8, 4) is 0 Å². The molecule has 0 spiro atoms. The molecule has 30 heavy (non-hydrogen) atoms. The average molecular weight is 414 g/mol. The van der Waals surface area contributed by atoms with Crippen molar-refractivity contribution < 1.29 is 33.0 Å². The first-order chi connectivity index (χ1) is 14.5. The lowest BCUT2D eigenvalue weighted by Gasteiger charge is -2.27. The molecule has 9 nitrogen and oxygen atoms in total. The topological polar surface area (TPSA) is 116 Å². The minimum absolute atomic E-state index is 0.106. The van der Waals surface area contributed by atoms with Crippen LogP contribution in [-0.4, -0.2) is 38.3 Å². The van der Waals surface area contributed by atoms with Crippen molar-refractivity contribution in [2.24, 2.45) is 0 Å². The van der Waals surface area contributed by atoms with Crippen LogP contribution in [0.4, 0.5) is 4.79 Å². The average Bonchev–Trinajstić information content (AvgIpc) is 3.27. The van der Waals surface area contributed by atoms with Gasteiger partial charge in [0.1, 0.15) is 18.4 Å². The molecule has 3 rings (SSSR count). The van der Waals surface area contributed by atoms with E-state index in [4.69, 9.17) is 18.6 Å². The van der Waals surface area contributed by atoms with Crippen molar-refractivity contribution in [1.29, 1.82) is 0 Å². The molecule has 1 aliphatic heterocycles. The second-order valence-electron chi connectivity index (χ2n) is 6.37. The summed E-state index contributed by atoms with van der Waals surface area (Å²) in [4.78, 5) is 37.1. The molecule has 1 atom stereocenters. The van der Waals surface area contributed by atoms with Gasteiger partial charge in [0.05, 0.1) is 36.3 Å². The number of nitrogens with one attached hydrogen (secondary N) is 2. The zero-order valence-corrected chi connectivity index (χ0v) is 16.6. The van der Waals surface area contributed by atoms with E-state index in [9.17, 15) is 14.4 Å². The zero-order chi connectivity index (χ0) is 21.5. The molecule has 0 saturated carbocycles. The van der Waals surface area contributed by atoms with Crippen molar-refractivity contribution in [1.82, 2.24) is 10.6 Å². The first-order valence-electron chi connectivity index (χ1n) is 9.29. The minimum atomic E-state index is -0.866. The molecule has 2 N–H and O–H groups in total. The van der Waals surface area contributed by atoms with Gasteiger partial charge in [-0.3, -0.25) is 0 Å². The van der Waals surface area contributed by atoms with Crippen LogP contribution in [0.15, 0.2) is 58.3 Å². The van der Waals surface area contributed by atoms with Crippen molar-refractivity contribution in [2.75, 3.05) is 20.3 Å². The lowest BCUT2D eigenvalue weighted by atomic mass is 10.0. The van der Waals surface area contributed by atoms with E-state index in [1.54, 1.807) is 50.4 Å². The molecule has 1 unspecified atom stereocenters. The van der Waals surface area contributed by atoms with Gasteiger partial charge in [-0.25, -0.2) is 14.4 Å². The van der Waals surface area contributed by atoms with Crippen LogP contribution in [0.5, 0.6) is 0 Å². The maximum atomic E-state index is 12.6. The number of amides is 2. The van der Waals surface area contributed by atoms with Crippen LogP contribution in [0.25, 0.3) is 0 Å². The van der Waals surface area contributed by atoms with E-state index in [-0.39, 0.29) is 24.5 Å². The Morgan fingerprint density at radius 3 is 2.47 bits per heavy atom. The van der Waals surface area contributed by atoms with Crippen LogP contribution >= 0.6 is 0 Å². The van der Waals surface area contributed by atoms with E-state index in [0.717, 1.165) is 5.56 Å². The molecule has 0 fully saturated rings. The number of carbonyl (C=O) groups excluding carboxylic acids is 3. The summed E-state index contributed by atoms with van der Waals surface area (Å²) in [5.41, 5.74) is 1.47. The van der Waals surface area contributed by atoms with E-state index >= 15 is 0 Å². The van der Waals surface area contributed by atoms with E-state index < -0.39 is 24.0 Å². The summed E-state index contributed by atoms with van der Waals surface area (Å²) in [5.74, 6) is -0.899. The Hall–Kier alpha value is -3.59. The highest BCUT2D eigenvalue weighted by molar-refractivity contribution is 5.95. The van der Waals surface area contributed by atoms with Gasteiger partial charge in [0.25, 0.3) is 0 Å². The second-order valence-corrected chi connectivity index (χ2v) is 6.37. The summed E-state index contributed by atoms with van der Waals surface area (Å²) >= 11 is 0. The molecule has 0 bridgehead atoms. The Labute approximate surface area is 173 Å². The predicted octanol–water partition coefficient (Wildman–Crippen LogP) is 2.45. The largest absolute Gasteiger partial charge is 0.467 e. The van der Waals surface area contributed by atoms with Gasteiger partial charge in [0.15, 0.2) is 0 Å². The lowest BCUT2D eigenvalue weighted by molar-refractivity contribution is -0.139. The Morgan fingerprint density at radius 2 is 1.83 bits per heavy atom. The summed E-state index contributed by atoms with van der Waals surface area (Å²) in [6.07, 6.45) is 1.43. The number of esters is 2. The SMILES string of the molecule is CCOC(=O)C1=C(COC(=O)c2ccc(COC)cc2)NC(=O)NC1c1ccco1. The number of methoxy groups -OCH3 is 1. The molecule has 1 aromatic heterocycles. The normalized spacial score (nSPS) is 15.9. The molecule has 1 aliphatic rings. The first kappa shape index (κ1) is 21.1. The summed E-state index contributed by atoms with van der Waals surface area (Å²) in [5, 5.41) is 5.14. The molecule has 1 aromatic carbocycles. The monoisotopic (exact) mass is 414 g/mol. The molecule has 2 aromatic rings. The van der Waals surface area contributed by atoms with Crippen molar-refractivity contribution >= 4 is 18.0 Å². The fourth-order valence-electron chi connectivity index (χ4n) is 2.98. The molecular formula is C21H22N2O7. The van der Waals surface area contributed by atoms with Crippen LogP contribution < -0.4 is 10.6 Å². The van der Waals surface area contributed by atoms with Crippen LogP contribution in [0.2, 0.25) is 0 Å². The number of rotatable bonds is 8. The van der Waals surface area contributed by atoms with Gasteiger partial charge in [-0.2, -0.15) is 0 Å². The summed E-state index contributed by atoms with van der Waals surface area (Å²) in [6, 6.07) is 8.58. The number of furan rings is 1. The van der Waals surface area contributed by atoms with Gasteiger partial charge in [-0.1, -0.05) is 12.1 Å². The van der Waals surface area contributed by atoms with E-state index in [0.29, 0.717) is 17.9 Å². The van der Waals surface area contributed by atoms with Crippen molar-refractivity contribution in [3.63, 3.8) is 0 Å². The van der Waals surface area contributed by atoms with E-state index in [1.807, 2.05) is 0 Å². The smallest absolute Gasteiger partial charge is 0.338 e. The highest BCUT2D eigenvalue weighted by atomic mass is 16.5. The highest BCUT2D eigenvalue weighted by Gasteiger charge is 2.35. The Morgan fingerprint density at radius 1 is 1.07 bits per heavy atom. The third kappa shape index (κ3) is 4.87. The zero-order valence-electron chi connectivity index (χ0n) is 16.6. The van der Waals surface area contributed by atoms with Crippen molar-refractivity contribution in [3.05, 3.63) is 70.8 Å². The third-order valence-electron chi connectivity index (χ3n) is 4.32. The quantitative estimate of drug-likeness (QED) is 0.638.